The molecule has 0 unspecified atom stereocenters. The van der Waals surface area contributed by atoms with Crippen molar-refractivity contribution in [2.75, 3.05) is 152 Å². The molecule has 0 spiro atoms. The summed E-state index contributed by atoms with van der Waals surface area (Å²) in [5, 5.41) is 0. The van der Waals surface area contributed by atoms with E-state index in [-0.39, 0.29) is 43.3 Å². The van der Waals surface area contributed by atoms with Gasteiger partial charge in [0.15, 0.2) is 0 Å². The van der Waals surface area contributed by atoms with Crippen LogP contribution >= 0.6 is 57.1 Å². The fourth-order valence-corrected chi connectivity index (χ4v) is 50.8. The molecule has 0 amide bonds. The molecule has 12 rings (SSSR count). The highest BCUT2D eigenvalue weighted by atomic mass is 31.2. The molecule has 8 aliphatic carbocycles. The predicted octanol–water partition coefficient (Wildman–Crippen LogP) is 29.5. The van der Waals surface area contributed by atoms with E-state index in [0.717, 1.165) is 150 Å². The Morgan fingerprint density at radius 1 is 0.188 bits per heavy atom. The molecular weight excluding hydrogens is 1530 g/mol. The Labute approximate surface area is 695 Å². The van der Waals surface area contributed by atoms with Crippen molar-refractivity contribution >= 4 is 57.1 Å². The van der Waals surface area contributed by atoms with Gasteiger partial charge >= 0.3 is 0 Å². The Hall–Kier alpha value is 1.84. The third-order valence-electron chi connectivity index (χ3n) is 39.6. The van der Waals surface area contributed by atoms with E-state index < -0.39 is 57.1 Å². The lowest BCUT2D eigenvalue weighted by Crippen LogP contribution is -2.30. The van der Waals surface area contributed by atoms with Crippen molar-refractivity contribution in [3.63, 3.8) is 0 Å². The molecule has 0 N–H and O–H groups in total. The Morgan fingerprint density at radius 2 is 0.321 bits per heavy atom. The van der Waals surface area contributed by atoms with Crippen molar-refractivity contribution in [2.45, 2.75) is 269 Å². The molecule has 8 nitrogen and oxygen atoms in total. The maximum Gasteiger partial charge on any atom is 0.0851 e. The molecule has 4 aliphatic heterocycles. The summed E-state index contributed by atoms with van der Waals surface area (Å²) in [4.78, 5) is 0. The van der Waals surface area contributed by atoms with Crippen molar-refractivity contribution in [2.24, 2.45) is 185 Å². The van der Waals surface area contributed by atoms with Gasteiger partial charge in [0.2, 0.25) is 0 Å². The Bertz CT molecular complexity index is 3180. The van der Waals surface area contributed by atoms with Gasteiger partial charge in [-0.25, -0.2) is 0 Å². The molecule has 656 valence electrons. The fourth-order valence-electron chi connectivity index (χ4n) is 29.4. The van der Waals surface area contributed by atoms with Crippen LogP contribution in [0.3, 0.4) is 0 Å². The van der Waals surface area contributed by atoms with Crippen LogP contribution in [0.25, 0.3) is 0 Å². The summed E-state index contributed by atoms with van der Waals surface area (Å²) in [6.07, 6.45) is 33.2. The van der Waals surface area contributed by atoms with Crippen LogP contribution in [-0.4, -0.2) is 152 Å². The lowest BCUT2D eigenvalue weighted by molar-refractivity contribution is 0.184. The van der Waals surface area contributed by atoms with Crippen molar-refractivity contribution in [3.05, 3.63) is 0 Å². The number of rotatable bonds is 0. The van der Waals surface area contributed by atoms with Crippen molar-refractivity contribution in [1.82, 2.24) is 0 Å². The molecule has 4 heterocycles. The second kappa shape index (κ2) is 34.6. The molecule has 32 atom stereocenters. The zero-order chi connectivity index (χ0) is 84.5. The predicted molar refractivity (Wildman–Crippen MR) is 499 cm³/mol. The smallest absolute Gasteiger partial charge is 0.0851 e. The van der Waals surface area contributed by atoms with E-state index in [1.54, 1.807) is 0 Å². The molecule has 8 saturated carbocycles. The normalized spacial score (nSPS) is 51.6. The summed E-state index contributed by atoms with van der Waals surface area (Å²) < 4.78 is 110. The second-order valence-corrected chi connectivity index (χ2v) is 77.8. The molecule has 0 aromatic heterocycles. The summed E-state index contributed by atoms with van der Waals surface area (Å²) in [6, 6.07) is 0. The lowest BCUT2D eigenvalue weighted by atomic mass is 9.74. The van der Waals surface area contributed by atoms with Gasteiger partial charge in [-0.1, -0.05) is 166 Å². The minimum absolute atomic E-state index is 0.225. The molecular formula is C96H184O8P8. The van der Waals surface area contributed by atoms with Gasteiger partial charge in [0.05, 0.1) is 57.1 Å². The topological polar surface area (TPSA) is 137 Å². The summed E-state index contributed by atoms with van der Waals surface area (Å²) in [5.41, 5.74) is 1.90. The minimum Gasteiger partial charge on any atom is -0.324 e. The van der Waals surface area contributed by atoms with E-state index in [1.807, 2.05) is 0 Å². The minimum atomic E-state index is -2.14. The van der Waals surface area contributed by atoms with Crippen LogP contribution in [0.1, 0.15) is 269 Å². The van der Waals surface area contributed by atoms with Crippen LogP contribution in [0, 0.1) is 185 Å². The maximum atomic E-state index is 13.7. The standard InChI is InChI=1S/4C24H46O2P2/c4*1-17-13-20-10-12-28(8,26)16-22-19(14-18(2)23(22,3)4)9-11-27(7,25)15-21(17)24(20,5)6/h4*17-22H,9-16H2,1-8H3/t17-,18-,19+,20+,21+,22-,27+,28+;17-,18-,19+,20+,21+,22-,27+,28-;17-,18-,19+,20+,21+,22-,27-,28+;17-,18-,19+,20+,21+,22-,27-,28-/m1111/s1. The first-order valence-electron chi connectivity index (χ1n) is 47.1. The van der Waals surface area contributed by atoms with Crippen molar-refractivity contribution in [3.8, 4) is 0 Å². The van der Waals surface area contributed by atoms with Gasteiger partial charge in [-0.15, -0.1) is 0 Å². The fraction of sp³-hybridized carbons (Fsp3) is 1.00. The van der Waals surface area contributed by atoms with Gasteiger partial charge < -0.3 is 36.5 Å². The Kier molecular flexibility index (Phi) is 30.2. The highest BCUT2D eigenvalue weighted by Gasteiger charge is 2.58. The molecule has 12 aliphatic rings. The molecule has 0 radical (unpaired) electrons. The Balaban J connectivity index is 0.000000171. The third kappa shape index (κ3) is 22.0. The summed E-state index contributed by atoms with van der Waals surface area (Å²) >= 11 is 0. The lowest BCUT2D eigenvalue weighted by Gasteiger charge is -2.36. The first kappa shape index (κ1) is 97.6. The first-order valence-corrected chi connectivity index (χ1v) is 67.3. The highest BCUT2D eigenvalue weighted by Crippen LogP contribution is 2.70. The van der Waals surface area contributed by atoms with Crippen LogP contribution in [0.2, 0.25) is 0 Å². The van der Waals surface area contributed by atoms with E-state index in [4.69, 9.17) is 0 Å². The van der Waals surface area contributed by atoms with Crippen LogP contribution in [0.5, 0.6) is 0 Å². The summed E-state index contributed by atoms with van der Waals surface area (Å²) in [7, 11) is -17.1. The highest BCUT2D eigenvalue weighted by molar-refractivity contribution is 7.65. The SMILES string of the molecule is C[C@@H]1C[C@@H]2CC[P@@](C)(=O)C[C@@H]3[C@@H](CC[P@@](C)(=O)C[C@@H]1C2(C)C)C[C@@H](C)C3(C)C.C[C@@H]1C[C@@H]2CC[P@@](C)(=O)C[C@@H]3[C@@H](CC[P@](C)(=O)C[C@@H]1C2(C)C)C[C@@H](C)C3(C)C.C[C@@H]1C[C@@H]2CC[P@](C)(=O)C[C@@H]3[C@@H](CC[P@@](C)(=O)C[C@@H]1C2(C)C)C[C@@H](C)C3(C)C.C[C@@H]1C[C@@H]2CC[P@](C)(=O)C[C@@H]3[C@@H](CC[P@](C)(=O)C[C@@H]1C2(C)C)C[C@@H](C)C3(C)C. The average Bonchev–Trinajstić information content (AvgIpc) is 1.62. The van der Waals surface area contributed by atoms with Gasteiger partial charge in [-0.3, -0.25) is 0 Å². The van der Waals surface area contributed by atoms with Gasteiger partial charge in [0.1, 0.15) is 0 Å². The van der Waals surface area contributed by atoms with Gasteiger partial charge in [0.25, 0.3) is 0 Å². The molecule has 4 saturated heterocycles. The van der Waals surface area contributed by atoms with Gasteiger partial charge in [0, 0.05) is 98.6 Å². The van der Waals surface area contributed by atoms with Crippen LogP contribution in [0.4, 0.5) is 0 Å². The number of fused-ring (bicyclic) bond motifs is 12. The van der Waals surface area contributed by atoms with E-state index in [1.165, 1.54) is 51.4 Å². The van der Waals surface area contributed by atoms with E-state index in [0.29, 0.717) is 142 Å². The first-order chi connectivity index (χ1) is 50.6. The second-order valence-electron chi connectivity index (χ2n) is 50.6. The monoisotopic (exact) mass is 1710 g/mol. The van der Waals surface area contributed by atoms with E-state index in [9.17, 15) is 36.5 Å². The molecule has 112 heavy (non-hydrogen) atoms. The van der Waals surface area contributed by atoms with E-state index in [2.05, 4.69) is 219 Å². The quantitative estimate of drug-likeness (QED) is 0.219. The van der Waals surface area contributed by atoms with E-state index >= 15 is 0 Å². The zero-order valence-corrected chi connectivity index (χ0v) is 86.5. The Morgan fingerprint density at radius 3 is 0.473 bits per heavy atom. The maximum absolute atomic E-state index is 13.7. The average molecular weight is 1710 g/mol. The van der Waals surface area contributed by atoms with Crippen molar-refractivity contribution < 1.29 is 36.5 Å². The zero-order valence-electron chi connectivity index (χ0n) is 79.3. The summed E-state index contributed by atoms with van der Waals surface area (Å²) in [5.74, 6) is 14.5. The van der Waals surface area contributed by atoms with Gasteiger partial charge in [-0.2, -0.15) is 0 Å². The van der Waals surface area contributed by atoms with Crippen LogP contribution in [-0.2, 0) is 36.5 Å². The number of hydrogen-bond donors (Lipinski definition) is 0. The number of hydrogen-bond acceptors (Lipinski definition) is 8. The van der Waals surface area contributed by atoms with Crippen LogP contribution in [0.15, 0.2) is 0 Å². The van der Waals surface area contributed by atoms with Crippen LogP contribution < -0.4 is 0 Å². The molecule has 12 fully saturated rings. The summed E-state index contributed by atoms with van der Waals surface area (Å²) in [6.45, 7) is 74.2. The third-order valence-corrected chi connectivity index (χ3v) is 58.5. The molecule has 0 aromatic rings. The molecule has 16 heteroatoms. The largest absolute Gasteiger partial charge is 0.324 e. The molecule has 8 bridgehead atoms. The van der Waals surface area contributed by atoms with Gasteiger partial charge in [-0.05, 0) is 341 Å². The van der Waals surface area contributed by atoms with Crippen molar-refractivity contribution in [1.29, 1.82) is 0 Å². The molecule has 0 aromatic carbocycles.